The normalized spacial score (nSPS) is 9.89. The molecule has 0 aliphatic heterocycles. The number of rotatable bonds is 5. The number of hydrogen-bond donors (Lipinski definition) is 1. The predicted octanol–water partition coefficient (Wildman–Crippen LogP) is 2.09. The maximum atomic E-state index is 11.4. The van der Waals surface area contributed by atoms with Gasteiger partial charge in [0.2, 0.25) is 0 Å². The third kappa shape index (κ3) is 4.25. The molecule has 1 aromatic rings. The molecule has 0 saturated carbocycles. The van der Waals surface area contributed by atoms with E-state index in [1.165, 1.54) is 17.0 Å². The van der Waals surface area contributed by atoms with Crippen LogP contribution in [0.5, 0.6) is 0 Å². The maximum absolute atomic E-state index is 11.4. The van der Waals surface area contributed by atoms with Crippen LogP contribution in [0.25, 0.3) is 0 Å². The summed E-state index contributed by atoms with van der Waals surface area (Å²) in [4.78, 5) is 22.8. The predicted molar refractivity (Wildman–Crippen MR) is 69.8 cm³/mol. The molecular formula is C11H14N2O4S. The van der Waals surface area contributed by atoms with Gasteiger partial charge in [-0.1, -0.05) is 0 Å². The third-order valence-electron chi connectivity index (χ3n) is 2.26. The Balaban J connectivity index is 2.48. The van der Waals surface area contributed by atoms with Crippen LogP contribution in [0.4, 0.5) is 10.5 Å². The van der Waals surface area contributed by atoms with Gasteiger partial charge in [0.25, 0.3) is 5.69 Å². The molecule has 1 aromatic carbocycles. The molecule has 0 bridgehead atoms. The Bertz CT molecular complexity index is 422. The van der Waals surface area contributed by atoms with Gasteiger partial charge in [0.05, 0.1) is 4.92 Å². The fourth-order valence-electron chi connectivity index (χ4n) is 1.21. The molecule has 18 heavy (non-hydrogen) atoms. The molecule has 6 nitrogen and oxygen atoms in total. The Hall–Kier alpha value is -1.76. The van der Waals surface area contributed by atoms with Crippen molar-refractivity contribution in [2.75, 3.05) is 19.3 Å². The largest absolute Gasteiger partial charge is 0.445 e. The molecule has 0 heterocycles. The molecule has 98 valence electrons. The van der Waals surface area contributed by atoms with Crippen molar-refractivity contribution in [1.82, 2.24) is 4.90 Å². The first-order valence-corrected chi connectivity index (χ1v) is 5.90. The molecule has 0 aromatic heterocycles. The average Bonchev–Trinajstić information content (AvgIpc) is 2.36. The lowest BCUT2D eigenvalue weighted by molar-refractivity contribution is -0.384. The molecule has 0 fully saturated rings. The van der Waals surface area contributed by atoms with Crippen LogP contribution < -0.4 is 0 Å². The highest BCUT2D eigenvalue weighted by atomic mass is 32.1. The number of nitrogens with zero attached hydrogens (tertiary/aromatic N) is 2. The molecule has 1 amide bonds. The van der Waals surface area contributed by atoms with Crippen LogP contribution >= 0.6 is 12.6 Å². The van der Waals surface area contributed by atoms with Crippen LogP contribution in [0.15, 0.2) is 24.3 Å². The van der Waals surface area contributed by atoms with Gasteiger partial charge in [-0.15, -0.1) is 0 Å². The van der Waals surface area contributed by atoms with Gasteiger partial charge >= 0.3 is 6.09 Å². The number of hydrogen-bond acceptors (Lipinski definition) is 5. The zero-order chi connectivity index (χ0) is 13.5. The van der Waals surface area contributed by atoms with E-state index in [1.807, 2.05) is 0 Å². The molecular weight excluding hydrogens is 256 g/mol. The number of thiol groups is 1. The van der Waals surface area contributed by atoms with E-state index in [9.17, 15) is 14.9 Å². The standard InChI is InChI=1S/C11H14N2O4S/c1-12(6-7-18)11(14)17-8-9-2-4-10(5-3-9)13(15)16/h2-5,18H,6-8H2,1H3. The second-order valence-corrected chi connectivity index (χ2v) is 4.07. The fourth-order valence-corrected chi connectivity index (χ4v) is 1.51. The van der Waals surface area contributed by atoms with Crippen molar-refractivity contribution >= 4 is 24.4 Å². The van der Waals surface area contributed by atoms with Gasteiger partial charge < -0.3 is 9.64 Å². The summed E-state index contributed by atoms with van der Waals surface area (Å²) in [6.07, 6.45) is -0.442. The average molecular weight is 270 g/mol. The van der Waals surface area contributed by atoms with Crippen molar-refractivity contribution in [2.45, 2.75) is 6.61 Å². The number of benzene rings is 1. The van der Waals surface area contributed by atoms with Gasteiger partial charge in [-0.2, -0.15) is 12.6 Å². The molecule has 0 spiro atoms. The summed E-state index contributed by atoms with van der Waals surface area (Å²) in [6.45, 7) is 0.593. The molecule has 0 unspecified atom stereocenters. The van der Waals surface area contributed by atoms with Crippen LogP contribution in [-0.4, -0.2) is 35.3 Å². The first-order valence-electron chi connectivity index (χ1n) is 5.26. The van der Waals surface area contributed by atoms with Crippen molar-refractivity contribution < 1.29 is 14.5 Å². The van der Waals surface area contributed by atoms with Crippen LogP contribution in [-0.2, 0) is 11.3 Å². The van der Waals surface area contributed by atoms with Gasteiger partial charge in [-0.05, 0) is 17.7 Å². The third-order valence-corrected chi connectivity index (χ3v) is 2.46. The van der Waals surface area contributed by atoms with E-state index < -0.39 is 11.0 Å². The highest BCUT2D eigenvalue weighted by Crippen LogP contribution is 2.12. The summed E-state index contributed by atoms with van der Waals surface area (Å²) in [5.41, 5.74) is 0.713. The van der Waals surface area contributed by atoms with Crippen LogP contribution in [0.2, 0.25) is 0 Å². The summed E-state index contributed by atoms with van der Waals surface area (Å²) in [6, 6.07) is 5.87. The number of non-ortho nitro benzene ring substituents is 1. The van der Waals surface area contributed by atoms with Crippen LogP contribution in [0, 0.1) is 10.1 Å². The van der Waals surface area contributed by atoms with Gasteiger partial charge in [0.15, 0.2) is 0 Å². The van der Waals surface area contributed by atoms with Gasteiger partial charge in [-0.3, -0.25) is 10.1 Å². The van der Waals surface area contributed by atoms with E-state index in [0.717, 1.165) is 0 Å². The van der Waals surface area contributed by atoms with Crippen molar-refractivity contribution in [3.05, 3.63) is 39.9 Å². The summed E-state index contributed by atoms with van der Waals surface area (Å²) in [5.74, 6) is 0.559. The zero-order valence-electron chi connectivity index (χ0n) is 9.91. The molecule has 0 saturated heterocycles. The van der Waals surface area contributed by atoms with E-state index in [4.69, 9.17) is 4.74 Å². The smallest absolute Gasteiger partial charge is 0.409 e. The minimum Gasteiger partial charge on any atom is -0.445 e. The number of nitro groups is 1. The molecule has 0 radical (unpaired) electrons. The number of ether oxygens (including phenoxy) is 1. The summed E-state index contributed by atoms with van der Waals surface area (Å²) >= 11 is 4.01. The minimum atomic E-state index is -0.476. The topological polar surface area (TPSA) is 72.7 Å². The Morgan fingerprint density at radius 2 is 2.06 bits per heavy atom. The second-order valence-electron chi connectivity index (χ2n) is 3.62. The highest BCUT2D eigenvalue weighted by Gasteiger charge is 2.09. The maximum Gasteiger partial charge on any atom is 0.409 e. The van der Waals surface area contributed by atoms with E-state index in [2.05, 4.69) is 12.6 Å². The van der Waals surface area contributed by atoms with E-state index >= 15 is 0 Å². The van der Waals surface area contributed by atoms with Gasteiger partial charge in [-0.25, -0.2) is 4.79 Å². The summed E-state index contributed by atoms with van der Waals surface area (Å²) in [7, 11) is 1.62. The molecule has 0 aliphatic carbocycles. The number of amides is 1. The molecule has 0 N–H and O–H groups in total. The molecule has 0 atom stereocenters. The zero-order valence-corrected chi connectivity index (χ0v) is 10.8. The van der Waals surface area contributed by atoms with Crippen molar-refractivity contribution in [3.63, 3.8) is 0 Å². The fraction of sp³-hybridized carbons (Fsp3) is 0.364. The lowest BCUT2D eigenvalue weighted by Crippen LogP contribution is -2.29. The summed E-state index contributed by atoms with van der Waals surface area (Å²) < 4.78 is 5.03. The van der Waals surface area contributed by atoms with E-state index in [-0.39, 0.29) is 12.3 Å². The Morgan fingerprint density at radius 1 is 1.44 bits per heavy atom. The van der Waals surface area contributed by atoms with E-state index in [0.29, 0.717) is 17.9 Å². The SMILES string of the molecule is CN(CCS)C(=O)OCc1ccc([N+](=O)[O-])cc1. The Kier molecular flexibility index (Phi) is 5.44. The first kappa shape index (κ1) is 14.3. The monoisotopic (exact) mass is 270 g/mol. The van der Waals surface area contributed by atoms with Gasteiger partial charge in [0, 0.05) is 31.5 Å². The van der Waals surface area contributed by atoms with Gasteiger partial charge in [0.1, 0.15) is 6.61 Å². The van der Waals surface area contributed by atoms with Crippen LogP contribution in [0.1, 0.15) is 5.56 Å². The second kappa shape index (κ2) is 6.85. The number of nitro benzene ring substituents is 1. The Labute approximate surface area is 110 Å². The Morgan fingerprint density at radius 3 is 2.56 bits per heavy atom. The molecule has 1 rings (SSSR count). The van der Waals surface area contributed by atoms with Crippen molar-refractivity contribution in [2.24, 2.45) is 0 Å². The van der Waals surface area contributed by atoms with E-state index in [1.54, 1.807) is 19.2 Å². The van der Waals surface area contributed by atoms with Crippen molar-refractivity contribution in [3.8, 4) is 0 Å². The number of carbonyl (C=O) groups is 1. The minimum absolute atomic E-state index is 0.0114. The quantitative estimate of drug-likeness (QED) is 0.505. The lowest BCUT2D eigenvalue weighted by atomic mass is 10.2. The highest BCUT2D eigenvalue weighted by molar-refractivity contribution is 7.80. The first-order chi connectivity index (χ1) is 8.54. The molecule has 0 aliphatic rings. The van der Waals surface area contributed by atoms with Crippen LogP contribution in [0.3, 0.4) is 0 Å². The molecule has 7 heteroatoms. The van der Waals surface area contributed by atoms with Crippen molar-refractivity contribution in [1.29, 1.82) is 0 Å². The number of carbonyl (C=O) groups excluding carboxylic acids is 1. The summed E-state index contributed by atoms with van der Waals surface area (Å²) in [5, 5.41) is 10.4. The lowest BCUT2D eigenvalue weighted by Gasteiger charge is -2.15.